The van der Waals surface area contributed by atoms with Crippen molar-refractivity contribution in [2.24, 2.45) is 17.3 Å². The monoisotopic (exact) mass is 554 g/mol. The highest BCUT2D eigenvalue weighted by atomic mass is 19.4. The zero-order valence-electron chi connectivity index (χ0n) is 21.6. The smallest absolute Gasteiger partial charge is 0.334 e. The Kier molecular flexibility index (Phi) is 6.31. The number of hydrogen-bond acceptors (Lipinski definition) is 2. The summed E-state index contributed by atoms with van der Waals surface area (Å²) in [6, 6.07) is 9.28. The van der Waals surface area contributed by atoms with Crippen molar-refractivity contribution in [3.05, 3.63) is 94.8 Å². The van der Waals surface area contributed by atoms with E-state index in [1.807, 2.05) is 6.92 Å². The molecule has 3 aliphatic carbocycles. The highest BCUT2D eigenvalue weighted by Crippen LogP contribution is 2.57. The molecule has 208 valence electrons. The number of alkyl halides is 3. The summed E-state index contributed by atoms with van der Waals surface area (Å²) >= 11 is 0. The molecular formula is C30H27F5N4O. The molecular weight excluding hydrogens is 527 g/mol. The number of anilines is 1. The first-order valence-electron chi connectivity index (χ1n) is 13.2. The average Bonchev–Trinajstić information content (AvgIpc) is 3.29. The van der Waals surface area contributed by atoms with Gasteiger partial charge in [0.15, 0.2) is 0 Å². The molecule has 40 heavy (non-hydrogen) atoms. The molecule has 1 heterocycles. The average molecular weight is 555 g/mol. The number of aromatic nitrogens is 2. The maximum Gasteiger partial charge on any atom is 0.394 e. The fourth-order valence-electron chi connectivity index (χ4n) is 6.65. The van der Waals surface area contributed by atoms with Crippen LogP contribution in [-0.2, 0) is 6.42 Å². The number of carbonyl (C=O) groups is 1. The number of carbonyl (C=O) groups excluding carboxylic acids is 1. The van der Waals surface area contributed by atoms with Crippen LogP contribution in [0.1, 0.15) is 37.4 Å². The van der Waals surface area contributed by atoms with E-state index in [-0.39, 0.29) is 17.9 Å². The SMILES string of the molecule is C[C@]12Cc3cnn(-c4ccc(F)cc4)c3C=C1CCC1C2=CC[C@@H](C(F)(F)F)[C@@H]1NC(=O)Nc1cccc(F)c1. The van der Waals surface area contributed by atoms with E-state index in [0.29, 0.717) is 19.3 Å². The second-order valence-electron chi connectivity index (χ2n) is 10.9. The van der Waals surface area contributed by atoms with Gasteiger partial charge in [-0.25, -0.2) is 18.3 Å². The summed E-state index contributed by atoms with van der Waals surface area (Å²) in [6.07, 6.45) is 2.32. The molecule has 1 saturated carbocycles. The lowest BCUT2D eigenvalue weighted by Crippen LogP contribution is -2.56. The maximum atomic E-state index is 14.2. The molecule has 0 radical (unpaired) electrons. The van der Waals surface area contributed by atoms with Gasteiger partial charge >= 0.3 is 12.2 Å². The van der Waals surface area contributed by atoms with E-state index >= 15 is 0 Å². The summed E-state index contributed by atoms with van der Waals surface area (Å²) in [5.74, 6) is -3.17. The Labute approximate surface area is 227 Å². The van der Waals surface area contributed by atoms with Gasteiger partial charge in [-0.2, -0.15) is 18.3 Å². The Morgan fingerprint density at radius 3 is 2.60 bits per heavy atom. The van der Waals surface area contributed by atoms with Crippen LogP contribution in [0.4, 0.5) is 32.4 Å². The molecule has 2 amide bonds. The Balaban J connectivity index is 1.31. The van der Waals surface area contributed by atoms with E-state index in [1.54, 1.807) is 29.1 Å². The summed E-state index contributed by atoms with van der Waals surface area (Å²) < 4.78 is 71.4. The van der Waals surface area contributed by atoms with Crippen molar-refractivity contribution in [2.75, 3.05) is 5.32 Å². The van der Waals surface area contributed by atoms with E-state index in [4.69, 9.17) is 0 Å². The standard InChI is InChI=1S/C30H27F5N4O/c1-29-15-17-16-36-39(22-8-6-19(31)7-9-22)26(17)13-18(29)5-10-23-24(29)11-12-25(30(33,34)35)27(23)38-28(40)37-21-4-2-3-20(32)14-21/h2-4,6-9,11,13-14,16,23,25,27H,5,10,12,15H2,1H3,(H2,37,38,40)/t23?,25-,27-,29+/m1/s1. The third-order valence-electron chi connectivity index (χ3n) is 8.54. The molecule has 0 bridgehead atoms. The number of nitrogens with one attached hydrogen (secondary N) is 2. The van der Waals surface area contributed by atoms with Gasteiger partial charge in [-0.1, -0.05) is 30.2 Å². The number of fused-ring (bicyclic) bond motifs is 4. The number of benzene rings is 2. The van der Waals surface area contributed by atoms with Crippen LogP contribution >= 0.6 is 0 Å². The Morgan fingerprint density at radius 1 is 1.10 bits per heavy atom. The predicted octanol–water partition coefficient (Wildman–Crippen LogP) is 7.21. The van der Waals surface area contributed by atoms with Crippen LogP contribution in [-0.4, -0.2) is 28.0 Å². The number of allylic oxidation sites excluding steroid dienone is 2. The predicted molar refractivity (Wildman–Crippen MR) is 141 cm³/mol. The lowest BCUT2D eigenvalue weighted by molar-refractivity contribution is -0.186. The van der Waals surface area contributed by atoms with Gasteiger partial charge in [0.1, 0.15) is 11.6 Å². The lowest BCUT2D eigenvalue weighted by atomic mass is 9.55. The minimum atomic E-state index is -4.51. The van der Waals surface area contributed by atoms with E-state index < -0.39 is 41.3 Å². The van der Waals surface area contributed by atoms with Crippen molar-refractivity contribution >= 4 is 17.8 Å². The van der Waals surface area contributed by atoms with E-state index in [0.717, 1.165) is 34.2 Å². The van der Waals surface area contributed by atoms with Gasteiger partial charge in [0, 0.05) is 23.1 Å². The van der Waals surface area contributed by atoms with Gasteiger partial charge in [-0.3, -0.25) is 0 Å². The summed E-state index contributed by atoms with van der Waals surface area (Å²) in [5, 5.41) is 9.61. The van der Waals surface area contributed by atoms with Gasteiger partial charge in [-0.15, -0.1) is 0 Å². The highest BCUT2D eigenvalue weighted by Gasteiger charge is 2.54. The number of halogens is 5. The number of urea groups is 1. The molecule has 5 nitrogen and oxygen atoms in total. The summed E-state index contributed by atoms with van der Waals surface area (Å²) in [6.45, 7) is 2.05. The van der Waals surface area contributed by atoms with Gasteiger partial charge in [0.05, 0.1) is 23.5 Å². The molecule has 2 N–H and O–H groups in total. The van der Waals surface area contributed by atoms with E-state index in [9.17, 15) is 26.7 Å². The Bertz CT molecular complexity index is 1520. The zero-order chi connectivity index (χ0) is 28.2. The summed E-state index contributed by atoms with van der Waals surface area (Å²) in [5.41, 5.74) is 4.17. The third-order valence-corrected chi connectivity index (χ3v) is 8.54. The zero-order valence-corrected chi connectivity index (χ0v) is 21.6. The van der Waals surface area contributed by atoms with E-state index in [1.165, 1.54) is 30.3 Å². The molecule has 0 aliphatic heterocycles. The van der Waals surface area contributed by atoms with Gasteiger partial charge in [-0.05, 0) is 79.8 Å². The Hall–Kier alpha value is -3.95. The molecule has 4 atom stereocenters. The molecule has 3 aromatic rings. The van der Waals surface area contributed by atoms with Crippen molar-refractivity contribution in [1.29, 1.82) is 0 Å². The highest BCUT2D eigenvalue weighted by molar-refractivity contribution is 5.89. The van der Waals surface area contributed by atoms with E-state index in [2.05, 4.69) is 21.8 Å². The topological polar surface area (TPSA) is 59.0 Å². The normalized spacial score (nSPS) is 25.6. The van der Waals surface area contributed by atoms with Crippen LogP contribution in [0.25, 0.3) is 11.8 Å². The molecule has 1 fully saturated rings. The van der Waals surface area contributed by atoms with Crippen molar-refractivity contribution in [3.8, 4) is 5.69 Å². The van der Waals surface area contributed by atoms with Crippen LogP contribution in [0.5, 0.6) is 0 Å². The second-order valence-corrected chi connectivity index (χ2v) is 10.9. The molecule has 3 aliphatic rings. The number of rotatable bonds is 3. The summed E-state index contributed by atoms with van der Waals surface area (Å²) in [4.78, 5) is 12.8. The number of amides is 2. The van der Waals surface area contributed by atoms with Crippen molar-refractivity contribution < 1.29 is 26.7 Å². The molecule has 1 aromatic heterocycles. The minimum Gasteiger partial charge on any atom is -0.334 e. The first-order valence-corrected chi connectivity index (χ1v) is 13.2. The first-order chi connectivity index (χ1) is 19.0. The first kappa shape index (κ1) is 26.3. The molecule has 0 saturated heterocycles. The molecule has 6 rings (SSSR count). The fourth-order valence-corrected chi connectivity index (χ4v) is 6.65. The van der Waals surface area contributed by atoms with Crippen LogP contribution < -0.4 is 10.6 Å². The molecule has 1 unspecified atom stereocenters. The van der Waals surface area contributed by atoms with Crippen LogP contribution in [0, 0.1) is 28.9 Å². The van der Waals surface area contributed by atoms with Gasteiger partial charge < -0.3 is 10.6 Å². The van der Waals surface area contributed by atoms with Gasteiger partial charge in [0.25, 0.3) is 0 Å². The molecule has 2 aromatic carbocycles. The van der Waals surface area contributed by atoms with Crippen molar-refractivity contribution in [1.82, 2.24) is 15.1 Å². The third kappa shape index (κ3) is 4.59. The lowest BCUT2D eigenvalue weighted by Gasteiger charge is -2.51. The fraction of sp³-hybridized carbons (Fsp3) is 0.333. The van der Waals surface area contributed by atoms with Crippen molar-refractivity contribution in [3.63, 3.8) is 0 Å². The van der Waals surface area contributed by atoms with Crippen LogP contribution in [0.2, 0.25) is 0 Å². The number of hydrogen-bond donors (Lipinski definition) is 2. The summed E-state index contributed by atoms with van der Waals surface area (Å²) in [7, 11) is 0. The maximum absolute atomic E-state index is 14.2. The van der Waals surface area contributed by atoms with Gasteiger partial charge in [0.2, 0.25) is 0 Å². The minimum absolute atomic E-state index is 0.159. The van der Waals surface area contributed by atoms with Crippen molar-refractivity contribution in [2.45, 2.75) is 44.8 Å². The van der Waals surface area contributed by atoms with Crippen LogP contribution in [0.3, 0.4) is 0 Å². The quantitative estimate of drug-likeness (QED) is 0.266. The largest absolute Gasteiger partial charge is 0.394 e. The second kappa shape index (κ2) is 9.60. The molecule has 10 heteroatoms. The molecule has 0 spiro atoms. The van der Waals surface area contributed by atoms with Crippen LogP contribution in [0.15, 0.2) is 72.0 Å². The Morgan fingerprint density at radius 2 is 1.88 bits per heavy atom. The number of nitrogens with zero attached hydrogens (tertiary/aromatic N) is 2.